The summed E-state index contributed by atoms with van der Waals surface area (Å²) in [6.07, 6.45) is 0.690. The van der Waals surface area contributed by atoms with Crippen molar-refractivity contribution < 1.29 is 4.92 Å². The first-order valence-corrected chi connectivity index (χ1v) is 5.53. The summed E-state index contributed by atoms with van der Waals surface area (Å²) in [7, 11) is 0. The topological polar surface area (TPSA) is 107 Å². The fraction of sp³-hybridized carbons (Fsp3) is 0.455. The van der Waals surface area contributed by atoms with Gasteiger partial charge in [0.25, 0.3) is 5.69 Å². The van der Waals surface area contributed by atoms with Crippen molar-refractivity contribution >= 4 is 42.9 Å². The lowest BCUT2D eigenvalue weighted by atomic mass is 10.1. The molecule has 0 fully saturated rings. The number of rotatable bonds is 7. The van der Waals surface area contributed by atoms with Crippen molar-refractivity contribution in [1.82, 2.24) is 5.32 Å². The molecule has 0 saturated carbocycles. The Morgan fingerprint density at radius 2 is 1.75 bits per heavy atom. The molecule has 0 aliphatic carbocycles. The molecule has 5 N–H and O–H groups in total. The summed E-state index contributed by atoms with van der Waals surface area (Å²) in [4.78, 5) is 10.1. The molecule has 0 amide bonds. The molecule has 0 spiro atoms. The Kier molecular flexibility index (Phi) is 16.3. The zero-order valence-corrected chi connectivity index (χ0v) is 13.3. The highest BCUT2D eigenvalue weighted by atomic mass is 35.5. The molecule has 0 saturated heterocycles. The van der Waals surface area contributed by atoms with Crippen LogP contribution in [-0.2, 0) is 6.42 Å². The molecule has 0 bridgehead atoms. The average molecular weight is 348 g/mol. The summed E-state index contributed by atoms with van der Waals surface area (Å²) in [5, 5.41) is 13.6. The summed E-state index contributed by atoms with van der Waals surface area (Å²) >= 11 is 0. The fourth-order valence-corrected chi connectivity index (χ4v) is 1.52. The van der Waals surface area contributed by atoms with Gasteiger partial charge in [-0.1, -0.05) is 12.1 Å². The monoisotopic (exact) mass is 346 g/mol. The van der Waals surface area contributed by atoms with Gasteiger partial charge >= 0.3 is 0 Å². The molecule has 0 heterocycles. The third kappa shape index (κ3) is 9.30. The molecule has 20 heavy (non-hydrogen) atoms. The third-order valence-corrected chi connectivity index (χ3v) is 2.37. The van der Waals surface area contributed by atoms with Gasteiger partial charge in [-0.05, 0) is 12.0 Å². The molecule has 6 nitrogen and oxygen atoms in total. The van der Waals surface area contributed by atoms with Crippen LogP contribution in [0.1, 0.15) is 5.56 Å². The first kappa shape index (κ1) is 24.4. The van der Waals surface area contributed by atoms with Crippen molar-refractivity contribution in [3.05, 3.63) is 39.9 Å². The Bertz CT molecular complexity index is 365. The van der Waals surface area contributed by atoms with Crippen molar-refractivity contribution in [2.75, 3.05) is 19.6 Å². The van der Waals surface area contributed by atoms with Gasteiger partial charge in [0.2, 0.25) is 0 Å². The minimum absolute atomic E-state index is 0. The predicted molar refractivity (Wildman–Crippen MR) is 88.4 cm³/mol. The standard InChI is InChI=1S/C11H18N4O2.3ClH/c12-5-6-14-8-10(13)7-9-1-3-11(4-2-9)15(16)17;;;/h1-4,10,14H,5-8,12-13H2;3*1H/t10-;;;/m0.../s1. The third-order valence-electron chi connectivity index (χ3n) is 2.37. The molecule has 1 atom stereocenters. The van der Waals surface area contributed by atoms with Crippen LogP contribution in [0.25, 0.3) is 0 Å². The summed E-state index contributed by atoms with van der Waals surface area (Å²) in [6.45, 7) is 2.02. The van der Waals surface area contributed by atoms with Crippen LogP contribution in [-0.4, -0.2) is 30.6 Å². The van der Waals surface area contributed by atoms with E-state index in [0.29, 0.717) is 19.5 Å². The van der Waals surface area contributed by atoms with Crippen LogP contribution in [0, 0.1) is 10.1 Å². The number of benzene rings is 1. The maximum Gasteiger partial charge on any atom is 0.269 e. The van der Waals surface area contributed by atoms with Gasteiger partial charge in [0.05, 0.1) is 4.92 Å². The van der Waals surface area contributed by atoms with E-state index in [4.69, 9.17) is 11.5 Å². The Balaban J connectivity index is -0.000000963. The molecule has 118 valence electrons. The summed E-state index contributed by atoms with van der Waals surface area (Å²) < 4.78 is 0. The number of hydrogen-bond donors (Lipinski definition) is 3. The Morgan fingerprint density at radius 3 is 2.20 bits per heavy atom. The minimum atomic E-state index is -0.410. The van der Waals surface area contributed by atoms with Crippen LogP contribution < -0.4 is 16.8 Å². The normalized spacial score (nSPS) is 10.5. The summed E-state index contributed by atoms with van der Waals surface area (Å²) in [5.74, 6) is 0. The highest BCUT2D eigenvalue weighted by Gasteiger charge is 2.07. The van der Waals surface area contributed by atoms with Gasteiger partial charge in [0.15, 0.2) is 0 Å². The second-order valence-corrected chi connectivity index (χ2v) is 3.88. The van der Waals surface area contributed by atoms with Crippen LogP contribution in [0.2, 0.25) is 0 Å². The molecule has 0 aliphatic heterocycles. The maximum absolute atomic E-state index is 10.5. The lowest BCUT2D eigenvalue weighted by Crippen LogP contribution is -2.37. The van der Waals surface area contributed by atoms with Crippen LogP contribution >= 0.6 is 37.2 Å². The molecule has 0 aliphatic rings. The van der Waals surface area contributed by atoms with E-state index < -0.39 is 4.92 Å². The quantitative estimate of drug-likeness (QED) is 0.391. The highest BCUT2D eigenvalue weighted by Crippen LogP contribution is 2.12. The number of nitrogens with one attached hydrogen (secondary N) is 1. The number of nitro groups is 1. The number of non-ortho nitro benzene ring substituents is 1. The largest absolute Gasteiger partial charge is 0.329 e. The van der Waals surface area contributed by atoms with Crippen molar-refractivity contribution in [3.8, 4) is 0 Å². The van der Waals surface area contributed by atoms with E-state index >= 15 is 0 Å². The molecule has 1 rings (SSSR count). The van der Waals surface area contributed by atoms with E-state index in [9.17, 15) is 10.1 Å². The SMILES string of the molecule is Cl.Cl.Cl.NCCNC[C@@H](N)Cc1ccc([N+](=O)[O-])cc1. The first-order valence-electron chi connectivity index (χ1n) is 5.53. The average Bonchev–Trinajstić information content (AvgIpc) is 2.30. The van der Waals surface area contributed by atoms with Crippen LogP contribution in [0.15, 0.2) is 24.3 Å². The van der Waals surface area contributed by atoms with Crippen LogP contribution in [0.5, 0.6) is 0 Å². The lowest BCUT2D eigenvalue weighted by Gasteiger charge is -2.12. The zero-order valence-electron chi connectivity index (χ0n) is 10.9. The van der Waals surface area contributed by atoms with E-state index in [1.807, 2.05) is 0 Å². The smallest absolute Gasteiger partial charge is 0.269 e. The second kappa shape index (κ2) is 13.4. The van der Waals surface area contributed by atoms with Crippen molar-refractivity contribution in [2.24, 2.45) is 11.5 Å². The van der Waals surface area contributed by atoms with Gasteiger partial charge in [0.1, 0.15) is 0 Å². The van der Waals surface area contributed by atoms with Gasteiger partial charge in [-0.3, -0.25) is 10.1 Å². The highest BCUT2D eigenvalue weighted by molar-refractivity contribution is 5.86. The zero-order chi connectivity index (χ0) is 12.7. The number of nitro benzene ring substituents is 1. The van der Waals surface area contributed by atoms with Gasteiger partial charge in [0, 0.05) is 37.8 Å². The molecule has 9 heteroatoms. The molecular weight excluding hydrogens is 327 g/mol. The van der Waals surface area contributed by atoms with Crippen molar-refractivity contribution in [2.45, 2.75) is 12.5 Å². The van der Waals surface area contributed by atoms with E-state index in [1.54, 1.807) is 12.1 Å². The van der Waals surface area contributed by atoms with Gasteiger partial charge in [-0.2, -0.15) is 0 Å². The molecule has 1 aromatic rings. The Hall–Kier alpha value is -0.630. The summed E-state index contributed by atoms with van der Waals surface area (Å²) in [5.41, 5.74) is 12.4. The number of nitrogens with two attached hydrogens (primary N) is 2. The fourth-order valence-electron chi connectivity index (χ4n) is 1.52. The summed E-state index contributed by atoms with van der Waals surface area (Å²) in [6, 6.07) is 6.45. The first-order chi connectivity index (χ1) is 8.13. The van der Waals surface area contributed by atoms with Gasteiger partial charge < -0.3 is 16.8 Å². The van der Waals surface area contributed by atoms with Gasteiger partial charge in [-0.15, -0.1) is 37.2 Å². The molecule has 0 radical (unpaired) electrons. The van der Waals surface area contributed by atoms with Crippen LogP contribution in [0.3, 0.4) is 0 Å². The van der Waals surface area contributed by atoms with E-state index in [2.05, 4.69) is 5.32 Å². The van der Waals surface area contributed by atoms with Gasteiger partial charge in [-0.25, -0.2) is 0 Å². The molecule has 0 aromatic heterocycles. The van der Waals surface area contributed by atoms with Crippen LogP contribution in [0.4, 0.5) is 5.69 Å². The lowest BCUT2D eigenvalue weighted by molar-refractivity contribution is -0.384. The molecular formula is C11H21Cl3N4O2. The van der Waals surface area contributed by atoms with Crippen molar-refractivity contribution in [1.29, 1.82) is 0 Å². The number of nitrogens with zero attached hydrogens (tertiary/aromatic N) is 1. The Morgan fingerprint density at radius 1 is 1.20 bits per heavy atom. The predicted octanol–water partition coefficient (Wildman–Crippen LogP) is 1.28. The number of hydrogen-bond acceptors (Lipinski definition) is 5. The van der Waals surface area contributed by atoms with E-state index in [0.717, 1.165) is 12.1 Å². The minimum Gasteiger partial charge on any atom is -0.329 e. The van der Waals surface area contributed by atoms with Crippen molar-refractivity contribution in [3.63, 3.8) is 0 Å². The maximum atomic E-state index is 10.5. The Labute approximate surface area is 137 Å². The molecule has 1 aromatic carbocycles. The molecule has 0 unspecified atom stereocenters. The van der Waals surface area contributed by atoms with E-state index in [1.165, 1.54) is 12.1 Å². The second-order valence-electron chi connectivity index (χ2n) is 3.88. The number of halogens is 3. The van der Waals surface area contributed by atoms with E-state index in [-0.39, 0.29) is 49.0 Å².